The summed E-state index contributed by atoms with van der Waals surface area (Å²) in [7, 11) is 0. The van der Waals surface area contributed by atoms with Crippen LogP contribution < -0.4 is 0 Å². The van der Waals surface area contributed by atoms with Gasteiger partial charge in [-0.1, -0.05) is 143 Å². The highest BCUT2D eigenvalue weighted by molar-refractivity contribution is 5.75. The summed E-state index contributed by atoms with van der Waals surface area (Å²) in [6.07, 6.45) is 38.1. The molecule has 0 spiro atoms. The lowest BCUT2D eigenvalue weighted by atomic mass is 9.86. The Morgan fingerprint density at radius 1 is 0.611 bits per heavy atom. The van der Waals surface area contributed by atoms with Crippen molar-refractivity contribution in [2.75, 3.05) is 39.5 Å². The van der Waals surface area contributed by atoms with E-state index < -0.39 is 5.41 Å². The highest BCUT2D eigenvalue weighted by atomic mass is 16.5. The Morgan fingerprint density at radius 2 is 1.11 bits per heavy atom. The molecule has 6 nitrogen and oxygen atoms in total. The van der Waals surface area contributed by atoms with Crippen LogP contribution in [0, 0.1) is 16.7 Å². The van der Waals surface area contributed by atoms with E-state index in [1.807, 2.05) is 0 Å². The summed E-state index contributed by atoms with van der Waals surface area (Å²) in [5, 5.41) is 9.50. The average molecular weight is 764 g/mol. The number of carbonyl (C=O) groups excluding carboxylic acids is 2. The summed E-state index contributed by atoms with van der Waals surface area (Å²) in [5.41, 5.74) is 0.0541. The van der Waals surface area contributed by atoms with Gasteiger partial charge in [-0.3, -0.25) is 9.59 Å². The van der Waals surface area contributed by atoms with Gasteiger partial charge in [-0.25, -0.2) is 0 Å². The Balaban J connectivity index is 2.27. The molecule has 1 aliphatic rings. The molecule has 1 N–H and O–H groups in total. The summed E-state index contributed by atoms with van der Waals surface area (Å²) in [6, 6.07) is 0. The van der Waals surface area contributed by atoms with Crippen LogP contribution in [-0.2, 0) is 19.1 Å². The molecule has 0 aromatic rings. The number of carbonyl (C=O) groups is 2. The molecule has 0 amide bonds. The van der Waals surface area contributed by atoms with Crippen LogP contribution in [0.4, 0.5) is 0 Å². The van der Waals surface area contributed by atoms with Crippen LogP contribution >= 0.6 is 0 Å². The first-order valence-electron chi connectivity index (χ1n) is 23.9. The topological polar surface area (TPSA) is 76.1 Å². The molecule has 0 aromatic carbocycles. The molecule has 1 aliphatic carbocycles. The number of rotatable bonds is 41. The van der Waals surface area contributed by atoms with Gasteiger partial charge in [0.2, 0.25) is 0 Å². The van der Waals surface area contributed by atoms with Crippen LogP contribution in [0.5, 0.6) is 0 Å². The largest absolute Gasteiger partial charge is 0.466 e. The summed E-state index contributed by atoms with van der Waals surface area (Å²) in [4.78, 5) is 27.9. The maximum absolute atomic E-state index is 13.2. The Bertz CT molecular complexity index is 857. The lowest BCUT2D eigenvalue weighted by molar-refractivity contribution is -0.156. The fourth-order valence-corrected chi connectivity index (χ4v) is 8.17. The van der Waals surface area contributed by atoms with Gasteiger partial charge in [-0.05, 0) is 115 Å². The standard InChI is InChI=1S/C48H93NO5/c1-6-9-12-15-16-19-24-32-45(51)53-42-28-35-48(36-37-48)34-27-39-49(40-29-41-50)38-26-21-20-25-33-47(4,5)46(52)54-43-44(30-22-17-13-10-7-2)31-23-18-14-11-8-3/h44,50H,6-43H2,1-5H3. The van der Waals surface area contributed by atoms with Crippen LogP contribution in [0.2, 0.25) is 0 Å². The molecule has 0 heterocycles. The molecular formula is C48H93NO5. The highest BCUT2D eigenvalue weighted by Crippen LogP contribution is 2.53. The normalized spacial score (nSPS) is 13.9. The summed E-state index contributed by atoms with van der Waals surface area (Å²) in [6.45, 7) is 15.5. The maximum Gasteiger partial charge on any atom is 0.311 e. The number of unbranched alkanes of at least 4 members (excludes halogenated alkanes) is 17. The smallest absolute Gasteiger partial charge is 0.311 e. The lowest BCUT2D eigenvalue weighted by Gasteiger charge is -2.25. The molecule has 0 aliphatic heterocycles. The number of hydrogen-bond acceptors (Lipinski definition) is 6. The number of ether oxygens (including phenoxy) is 2. The molecule has 1 fully saturated rings. The van der Waals surface area contributed by atoms with Gasteiger partial charge in [-0.2, -0.15) is 0 Å². The minimum Gasteiger partial charge on any atom is -0.466 e. The molecule has 6 heteroatoms. The van der Waals surface area contributed by atoms with Gasteiger partial charge in [0.05, 0.1) is 18.6 Å². The number of aliphatic hydroxyl groups is 1. The van der Waals surface area contributed by atoms with E-state index in [9.17, 15) is 14.7 Å². The average Bonchev–Trinajstić information content (AvgIpc) is 3.93. The van der Waals surface area contributed by atoms with Crippen molar-refractivity contribution >= 4 is 11.9 Å². The van der Waals surface area contributed by atoms with Crippen LogP contribution in [-0.4, -0.2) is 61.4 Å². The van der Waals surface area contributed by atoms with E-state index in [1.54, 1.807) is 0 Å². The van der Waals surface area contributed by atoms with E-state index in [1.165, 1.54) is 154 Å². The monoisotopic (exact) mass is 764 g/mol. The molecule has 1 saturated carbocycles. The molecule has 0 bridgehead atoms. The van der Waals surface area contributed by atoms with Crippen molar-refractivity contribution in [1.29, 1.82) is 0 Å². The van der Waals surface area contributed by atoms with Crippen LogP contribution in [0.3, 0.4) is 0 Å². The SMILES string of the molecule is CCCCCCCCCC(=O)OCCCC1(CCCN(CCCO)CCCCCCC(C)(C)C(=O)OCC(CCCCCCC)CCCCCCC)CC1. The minimum absolute atomic E-state index is 0.00658. The van der Waals surface area contributed by atoms with Crippen LogP contribution in [0.25, 0.3) is 0 Å². The maximum atomic E-state index is 13.2. The first kappa shape index (κ1) is 50.9. The third-order valence-electron chi connectivity index (χ3n) is 12.3. The van der Waals surface area contributed by atoms with Crippen molar-refractivity contribution in [1.82, 2.24) is 4.90 Å². The number of nitrogens with zero attached hydrogens (tertiary/aromatic N) is 1. The van der Waals surface area contributed by atoms with Gasteiger partial charge < -0.3 is 19.5 Å². The van der Waals surface area contributed by atoms with Crippen molar-refractivity contribution < 1.29 is 24.2 Å². The van der Waals surface area contributed by atoms with Gasteiger partial charge in [0.1, 0.15) is 0 Å². The Morgan fingerprint density at radius 3 is 1.70 bits per heavy atom. The number of esters is 2. The molecule has 0 unspecified atom stereocenters. The molecule has 320 valence electrons. The summed E-state index contributed by atoms with van der Waals surface area (Å²) in [5.74, 6) is 0.496. The van der Waals surface area contributed by atoms with Crippen molar-refractivity contribution in [2.24, 2.45) is 16.7 Å². The van der Waals surface area contributed by atoms with Crippen molar-refractivity contribution in [3.63, 3.8) is 0 Å². The zero-order chi connectivity index (χ0) is 39.6. The molecule has 54 heavy (non-hydrogen) atoms. The van der Waals surface area contributed by atoms with E-state index >= 15 is 0 Å². The van der Waals surface area contributed by atoms with Gasteiger partial charge in [0.15, 0.2) is 0 Å². The highest BCUT2D eigenvalue weighted by Gasteiger charge is 2.41. The van der Waals surface area contributed by atoms with E-state index in [2.05, 4.69) is 39.5 Å². The fraction of sp³-hybridized carbons (Fsp3) is 0.958. The third kappa shape index (κ3) is 28.3. The van der Waals surface area contributed by atoms with E-state index in [0.717, 1.165) is 64.6 Å². The Labute approximate surface area is 336 Å². The minimum atomic E-state index is -0.423. The zero-order valence-corrected chi connectivity index (χ0v) is 37.0. The van der Waals surface area contributed by atoms with Gasteiger partial charge in [0, 0.05) is 19.6 Å². The molecule has 0 aromatic heterocycles. The van der Waals surface area contributed by atoms with Crippen LogP contribution in [0.1, 0.15) is 240 Å². The predicted octanol–water partition coefficient (Wildman–Crippen LogP) is 13.6. The first-order chi connectivity index (χ1) is 26.2. The second-order valence-electron chi connectivity index (χ2n) is 18.1. The molecule has 0 atom stereocenters. The van der Waals surface area contributed by atoms with Gasteiger partial charge in [-0.15, -0.1) is 0 Å². The fourth-order valence-electron chi connectivity index (χ4n) is 8.17. The Kier molecular flexibility index (Phi) is 32.0. The number of hydrogen-bond donors (Lipinski definition) is 1. The van der Waals surface area contributed by atoms with Crippen molar-refractivity contribution in [3.8, 4) is 0 Å². The third-order valence-corrected chi connectivity index (χ3v) is 12.3. The summed E-state index contributed by atoms with van der Waals surface area (Å²) < 4.78 is 11.6. The molecule has 0 radical (unpaired) electrons. The van der Waals surface area contributed by atoms with E-state index in [4.69, 9.17) is 9.47 Å². The second kappa shape index (κ2) is 33.9. The van der Waals surface area contributed by atoms with Crippen molar-refractivity contribution in [3.05, 3.63) is 0 Å². The van der Waals surface area contributed by atoms with Gasteiger partial charge >= 0.3 is 11.9 Å². The first-order valence-corrected chi connectivity index (χ1v) is 23.9. The van der Waals surface area contributed by atoms with Crippen molar-refractivity contribution in [2.45, 2.75) is 240 Å². The summed E-state index contributed by atoms with van der Waals surface area (Å²) >= 11 is 0. The molecule has 0 saturated heterocycles. The number of aliphatic hydroxyl groups excluding tert-OH is 1. The Hall–Kier alpha value is -1.14. The van der Waals surface area contributed by atoms with E-state index in [-0.39, 0.29) is 18.5 Å². The predicted molar refractivity (Wildman–Crippen MR) is 230 cm³/mol. The quantitative estimate of drug-likeness (QED) is 0.0494. The second-order valence-corrected chi connectivity index (χ2v) is 18.1. The lowest BCUT2D eigenvalue weighted by Crippen LogP contribution is -2.29. The van der Waals surface area contributed by atoms with Gasteiger partial charge in [0.25, 0.3) is 0 Å². The zero-order valence-electron chi connectivity index (χ0n) is 37.0. The van der Waals surface area contributed by atoms with E-state index in [0.29, 0.717) is 31.0 Å². The molecule has 1 rings (SSSR count). The van der Waals surface area contributed by atoms with Crippen LogP contribution in [0.15, 0.2) is 0 Å². The molecular weight excluding hydrogens is 671 g/mol.